The van der Waals surface area contributed by atoms with Gasteiger partial charge in [0.1, 0.15) is 0 Å². The fourth-order valence-corrected chi connectivity index (χ4v) is 2.49. The summed E-state index contributed by atoms with van der Waals surface area (Å²) < 4.78 is 20.7. The number of rotatable bonds is 11. The maximum atomic E-state index is 12.4. The molecule has 2 rings (SSSR count). The van der Waals surface area contributed by atoms with E-state index in [4.69, 9.17) is 18.9 Å². The Labute approximate surface area is 180 Å². The molecule has 0 aliphatic heterocycles. The highest BCUT2D eigenvalue weighted by molar-refractivity contribution is 5.93. The minimum atomic E-state index is -0.548. The highest BCUT2D eigenvalue weighted by Gasteiger charge is 2.16. The second kappa shape index (κ2) is 12.0. The first-order valence-corrected chi connectivity index (χ1v) is 9.62. The smallest absolute Gasteiger partial charge is 0.343 e. The van der Waals surface area contributed by atoms with Gasteiger partial charge in [-0.1, -0.05) is 6.58 Å². The number of hydrogen-bond acceptors (Lipinski definition) is 8. The van der Waals surface area contributed by atoms with Crippen LogP contribution in [0.15, 0.2) is 55.1 Å². The topological polar surface area (TPSA) is 100 Å². The molecule has 0 bridgehead atoms. The SMILES string of the molecule is C=CC(=O)OCCCCOC(=O)c1ccc(OC(=O)c2ccc(NC)cc2)c(OC)c1. The van der Waals surface area contributed by atoms with Crippen molar-refractivity contribution >= 4 is 23.6 Å². The van der Waals surface area contributed by atoms with Gasteiger partial charge in [-0.3, -0.25) is 0 Å². The van der Waals surface area contributed by atoms with Crippen LogP contribution in [0.3, 0.4) is 0 Å². The van der Waals surface area contributed by atoms with Gasteiger partial charge < -0.3 is 24.3 Å². The molecule has 31 heavy (non-hydrogen) atoms. The zero-order valence-corrected chi connectivity index (χ0v) is 17.5. The molecule has 0 aliphatic carbocycles. The van der Waals surface area contributed by atoms with Crippen LogP contribution in [-0.4, -0.2) is 45.3 Å². The van der Waals surface area contributed by atoms with Crippen LogP contribution in [0.25, 0.3) is 0 Å². The van der Waals surface area contributed by atoms with E-state index in [1.54, 1.807) is 31.3 Å². The number of benzene rings is 2. The van der Waals surface area contributed by atoms with Crippen molar-refractivity contribution in [1.29, 1.82) is 0 Å². The van der Waals surface area contributed by atoms with E-state index in [9.17, 15) is 14.4 Å². The van der Waals surface area contributed by atoms with Crippen molar-refractivity contribution in [2.24, 2.45) is 0 Å². The molecule has 0 heterocycles. The van der Waals surface area contributed by atoms with Crippen LogP contribution in [0.5, 0.6) is 11.5 Å². The molecule has 0 radical (unpaired) electrons. The molecule has 8 heteroatoms. The number of carbonyl (C=O) groups excluding carboxylic acids is 3. The summed E-state index contributed by atoms with van der Waals surface area (Å²) in [6, 6.07) is 11.2. The predicted octanol–water partition coefficient (Wildman–Crippen LogP) is 3.62. The number of methoxy groups -OCH3 is 1. The van der Waals surface area contributed by atoms with Crippen molar-refractivity contribution < 1.29 is 33.3 Å². The summed E-state index contributed by atoms with van der Waals surface area (Å²) in [5.74, 6) is -1.16. The molecule has 2 aromatic rings. The summed E-state index contributed by atoms with van der Waals surface area (Å²) in [6.07, 6.45) is 2.18. The standard InChI is InChI=1S/C23H25NO7/c1-4-21(25)29-13-5-6-14-30-22(26)17-9-12-19(20(15-17)28-3)31-23(27)16-7-10-18(24-2)11-8-16/h4,7-12,15,24H,1,5-6,13-14H2,2-3H3. The largest absolute Gasteiger partial charge is 0.493 e. The Bertz CT molecular complexity index is 922. The van der Waals surface area contributed by atoms with E-state index in [-0.39, 0.29) is 30.3 Å². The van der Waals surface area contributed by atoms with Crippen LogP contribution in [0.1, 0.15) is 33.6 Å². The zero-order valence-electron chi connectivity index (χ0n) is 17.5. The van der Waals surface area contributed by atoms with Gasteiger partial charge in [0.2, 0.25) is 0 Å². The van der Waals surface area contributed by atoms with E-state index in [2.05, 4.69) is 11.9 Å². The number of anilines is 1. The monoisotopic (exact) mass is 427 g/mol. The van der Waals surface area contributed by atoms with Gasteiger partial charge in [-0.2, -0.15) is 0 Å². The van der Waals surface area contributed by atoms with E-state index in [0.29, 0.717) is 18.4 Å². The molecule has 0 unspecified atom stereocenters. The molecule has 1 N–H and O–H groups in total. The number of hydrogen-bond donors (Lipinski definition) is 1. The molecule has 164 valence electrons. The molecule has 0 saturated heterocycles. The molecule has 0 aliphatic rings. The van der Waals surface area contributed by atoms with E-state index >= 15 is 0 Å². The Hall–Kier alpha value is -3.81. The quantitative estimate of drug-likeness (QED) is 0.251. The maximum absolute atomic E-state index is 12.4. The number of ether oxygens (including phenoxy) is 4. The lowest BCUT2D eigenvalue weighted by atomic mass is 10.2. The minimum Gasteiger partial charge on any atom is -0.493 e. The van der Waals surface area contributed by atoms with E-state index in [0.717, 1.165) is 11.8 Å². The Morgan fingerprint density at radius 3 is 2.16 bits per heavy atom. The third kappa shape index (κ3) is 7.18. The highest BCUT2D eigenvalue weighted by atomic mass is 16.6. The summed E-state index contributed by atoms with van der Waals surface area (Å²) in [6.45, 7) is 3.71. The van der Waals surface area contributed by atoms with Crippen LogP contribution in [0.2, 0.25) is 0 Å². The second-order valence-electron chi connectivity index (χ2n) is 6.30. The van der Waals surface area contributed by atoms with E-state index < -0.39 is 17.9 Å². The fraction of sp³-hybridized carbons (Fsp3) is 0.261. The molecule has 0 spiro atoms. The van der Waals surface area contributed by atoms with Gasteiger partial charge in [-0.15, -0.1) is 0 Å². The molecular weight excluding hydrogens is 402 g/mol. The van der Waals surface area contributed by atoms with Gasteiger partial charge in [-0.05, 0) is 55.3 Å². The summed E-state index contributed by atoms with van der Waals surface area (Å²) in [5.41, 5.74) is 1.51. The van der Waals surface area contributed by atoms with Crippen molar-refractivity contribution in [1.82, 2.24) is 0 Å². The lowest BCUT2D eigenvalue weighted by Gasteiger charge is -2.11. The van der Waals surface area contributed by atoms with Gasteiger partial charge in [0.25, 0.3) is 0 Å². The van der Waals surface area contributed by atoms with Crippen LogP contribution in [-0.2, 0) is 14.3 Å². The van der Waals surface area contributed by atoms with Crippen LogP contribution < -0.4 is 14.8 Å². The van der Waals surface area contributed by atoms with Crippen molar-refractivity contribution in [2.45, 2.75) is 12.8 Å². The fourth-order valence-electron chi connectivity index (χ4n) is 2.49. The lowest BCUT2D eigenvalue weighted by molar-refractivity contribution is -0.137. The molecule has 0 aromatic heterocycles. The summed E-state index contributed by atoms with van der Waals surface area (Å²) in [4.78, 5) is 35.5. The average molecular weight is 427 g/mol. The van der Waals surface area contributed by atoms with E-state index in [1.807, 2.05) is 0 Å². The molecule has 0 saturated carbocycles. The van der Waals surface area contributed by atoms with Crippen molar-refractivity contribution in [3.8, 4) is 11.5 Å². The first-order chi connectivity index (χ1) is 15.0. The lowest BCUT2D eigenvalue weighted by Crippen LogP contribution is -2.11. The normalized spacial score (nSPS) is 10.0. The van der Waals surface area contributed by atoms with Crippen molar-refractivity contribution in [3.05, 3.63) is 66.2 Å². The Morgan fingerprint density at radius 2 is 1.55 bits per heavy atom. The average Bonchev–Trinajstić information content (AvgIpc) is 2.81. The number of unbranched alkanes of at least 4 members (excludes halogenated alkanes) is 1. The molecule has 2 aromatic carbocycles. The minimum absolute atomic E-state index is 0.173. The van der Waals surface area contributed by atoms with Gasteiger partial charge >= 0.3 is 17.9 Å². The zero-order chi connectivity index (χ0) is 22.6. The van der Waals surface area contributed by atoms with Crippen molar-refractivity contribution in [2.75, 3.05) is 32.7 Å². The van der Waals surface area contributed by atoms with Gasteiger partial charge in [0, 0.05) is 18.8 Å². The Morgan fingerprint density at radius 1 is 0.903 bits per heavy atom. The number of nitrogens with one attached hydrogen (secondary N) is 1. The number of carbonyl (C=O) groups is 3. The third-order valence-electron chi connectivity index (χ3n) is 4.19. The van der Waals surface area contributed by atoms with Crippen molar-refractivity contribution in [3.63, 3.8) is 0 Å². The second-order valence-corrected chi connectivity index (χ2v) is 6.30. The summed E-state index contributed by atoms with van der Waals surface area (Å²) in [5, 5.41) is 2.97. The Balaban J connectivity index is 1.91. The number of esters is 3. The molecule has 0 atom stereocenters. The first-order valence-electron chi connectivity index (χ1n) is 9.62. The molecule has 0 amide bonds. The molecule has 0 fully saturated rings. The molecule has 8 nitrogen and oxygen atoms in total. The van der Waals surface area contributed by atoms with E-state index in [1.165, 1.54) is 25.3 Å². The summed E-state index contributed by atoms with van der Waals surface area (Å²) >= 11 is 0. The van der Waals surface area contributed by atoms with Gasteiger partial charge in [0.05, 0.1) is 31.5 Å². The van der Waals surface area contributed by atoms with Crippen LogP contribution in [0.4, 0.5) is 5.69 Å². The predicted molar refractivity (Wildman–Crippen MR) is 115 cm³/mol. The highest BCUT2D eigenvalue weighted by Crippen LogP contribution is 2.29. The summed E-state index contributed by atoms with van der Waals surface area (Å²) in [7, 11) is 3.19. The van der Waals surface area contributed by atoms with Gasteiger partial charge in [0.15, 0.2) is 11.5 Å². The molecular formula is C23H25NO7. The first kappa shape index (κ1) is 23.5. The van der Waals surface area contributed by atoms with Crippen LogP contribution in [0, 0.1) is 0 Å². The Kier molecular flexibility index (Phi) is 9.10. The maximum Gasteiger partial charge on any atom is 0.343 e. The van der Waals surface area contributed by atoms with Gasteiger partial charge in [-0.25, -0.2) is 14.4 Å². The van der Waals surface area contributed by atoms with Crippen LogP contribution >= 0.6 is 0 Å². The third-order valence-corrected chi connectivity index (χ3v) is 4.19.